The molecule has 3 rings (SSSR count). The van der Waals surface area contributed by atoms with Gasteiger partial charge in [0.2, 0.25) is 0 Å². The molecule has 2 saturated heterocycles. The number of piperidine rings is 1. The predicted octanol–water partition coefficient (Wildman–Crippen LogP) is 1.54. The first-order valence-electron chi connectivity index (χ1n) is 8.01. The van der Waals surface area contributed by atoms with Gasteiger partial charge in [-0.1, -0.05) is 6.42 Å². The quantitative estimate of drug-likeness (QED) is 0.821. The number of rotatable bonds is 3. The SMILES string of the molecule is CC1CC(CN2CCN(C3CCC3)CC2)CCN1. The van der Waals surface area contributed by atoms with Crippen molar-refractivity contribution in [1.29, 1.82) is 0 Å². The Kier molecular flexibility index (Phi) is 4.22. The smallest absolute Gasteiger partial charge is 0.0113 e. The monoisotopic (exact) mass is 251 g/mol. The van der Waals surface area contributed by atoms with Gasteiger partial charge >= 0.3 is 0 Å². The third kappa shape index (κ3) is 3.06. The fourth-order valence-electron chi connectivity index (χ4n) is 3.83. The Morgan fingerprint density at radius 3 is 2.44 bits per heavy atom. The number of hydrogen-bond acceptors (Lipinski definition) is 3. The minimum absolute atomic E-state index is 0.736. The van der Waals surface area contributed by atoms with E-state index in [0.717, 1.165) is 18.0 Å². The molecule has 0 aromatic rings. The van der Waals surface area contributed by atoms with Crippen LogP contribution in [-0.4, -0.2) is 61.2 Å². The van der Waals surface area contributed by atoms with Crippen molar-refractivity contribution in [2.75, 3.05) is 39.3 Å². The Labute approximate surface area is 112 Å². The minimum Gasteiger partial charge on any atom is -0.314 e. The fourth-order valence-corrected chi connectivity index (χ4v) is 3.83. The van der Waals surface area contributed by atoms with Crippen molar-refractivity contribution in [3.05, 3.63) is 0 Å². The van der Waals surface area contributed by atoms with E-state index in [4.69, 9.17) is 0 Å². The second-order valence-electron chi connectivity index (χ2n) is 6.67. The van der Waals surface area contributed by atoms with Crippen molar-refractivity contribution in [3.8, 4) is 0 Å². The largest absolute Gasteiger partial charge is 0.314 e. The number of piperazine rings is 1. The highest BCUT2D eigenvalue weighted by atomic mass is 15.3. The fraction of sp³-hybridized carbons (Fsp3) is 1.00. The van der Waals surface area contributed by atoms with Gasteiger partial charge < -0.3 is 10.2 Å². The summed E-state index contributed by atoms with van der Waals surface area (Å²) in [5, 5.41) is 3.56. The highest BCUT2D eigenvalue weighted by Crippen LogP contribution is 2.26. The van der Waals surface area contributed by atoms with Crippen molar-refractivity contribution >= 4 is 0 Å². The van der Waals surface area contributed by atoms with Crippen molar-refractivity contribution in [3.63, 3.8) is 0 Å². The summed E-state index contributed by atoms with van der Waals surface area (Å²) in [6.45, 7) is 10.2. The zero-order valence-electron chi connectivity index (χ0n) is 11.9. The molecule has 1 N–H and O–H groups in total. The summed E-state index contributed by atoms with van der Waals surface area (Å²) in [5.41, 5.74) is 0. The van der Waals surface area contributed by atoms with Gasteiger partial charge in [-0.15, -0.1) is 0 Å². The van der Waals surface area contributed by atoms with Crippen molar-refractivity contribution in [2.45, 2.75) is 51.1 Å². The molecule has 0 radical (unpaired) electrons. The van der Waals surface area contributed by atoms with Crippen LogP contribution in [0.4, 0.5) is 0 Å². The summed E-state index contributed by atoms with van der Waals surface area (Å²) >= 11 is 0. The van der Waals surface area contributed by atoms with Gasteiger partial charge in [0.1, 0.15) is 0 Å². The van der Waals surface area contributed by atoms with Crippen molar-refractivity contribution < 1.29 is 0 Å². The molecule has 0 bridgehead atoms. The summed E-state index contributed by atoms with van der Waals surface area (Å²) in [4.78, 5) is 5.46. The van der Waals surface area contributed by atoms with Crippen LogP contribution >= 0.6 is 0 Å². The normalized spacial score (nSPS) is 36.5. The predicted molar refractivity (Wildman–Crippen MR) is 75.8 cm³/mol. The summed E-state index contributed by atoms with van der Waals surface area (Å²) < 4.78 is 0. The van der Waals surface area contributed by atoms with Gasteiger partial charge in [0, 0.05) is 44.8 Å². The molecule has 0 aromatic carbocycles. The van der Waals surface area contributed by atoms with Crippen LogP contribution < -0.4 is 5.32 Å². The standard InChI is InChI=1S/C15H29N3/c1-13-11-14(5-6-16-13)12-17-7-9-18(10-8-17)15-3-2-4-15/h13-16H,2-12H2,1H3. The highest BCUT2D eigenvalue weighted by Gasteiger charge is 2.29. The molecule has 2 atom stereocenters. The average molecular weight is 251 g/mol. The van der Waals surface area contributed by atoms with Crippen LogP contribution in [0, 0.1) is 5.92 Å². The van der Waals surface area contributed by atoms with Crippen LogP contribution in [0.3, 0.4) is 0 Å². The molecule has 104 valence electrons. The second kappa shape index (κ2) is 5.89. The lowest BCUT2D eigenvalue weighted by Crippen LogP contribution is -2.53. The Balaban J connectivity index is 1.39. The van der Waals surface area contributed by atoms with E-state index in [9.17, 15) is 0 Å². The second-order valence-corrected chi connectivity index (χ2v) is 6.67. The van der Waals surface area contributed by atoms with Crippen LogP contribution in [0.2, 0.25) is 0 Å². The summed E-state index contributed by atoms with van der Waals surface area (Å²) in [7, 11) is 0. The van der Waals surface area contributed by atoms with E-state index in [1.54, 1.807) is 0 Å². The van der Waals surface area contributed by atoms with Gasteiger partial charge in [-0.3, -0.25) is 4.90 Å². The van der Waals surface area contributed by atoms with Crippen LogP contribution in [-0.2, 0) is 0 Å². The number of nitrogens with zero attached hydrogens (tertiary/aromatic N) is 2. The molecule has 2 unspecified atom stereocenters. The molecule has 0 aromatic heterocycles. The zero-order chi connectivity index (χ0) is 12.4. The highest BCUT2D eigenvalue weighted by molar-refractivity contribution is 4.85. The van der Waals surface area contributed by atoms with Crippen LogP contribution in [0.15, 0.2) is 0 Å². The van der Waals surface area contributed by atoms with E-state index in [1.807, 2.05) is 0 Å². The van der Waals surface area contributed by atoms with E-state index < -0.39 is 0 Å². The van der Waals surface area contributed by atoms with Gasteiger partial charge in [-0.2, -0.15) is 0 Å². The molecule has 18 heavy (non-hydrogen) atoms. The maximum atomic E-state index is 3.56. The first kappa shape index (κ1) is 12.9. The van der Waals surface area contributed by atoms with Gasteiger partial charge in [0.15, 0.2) is 0 Å². The molecular formula is C15H29N3. The Morgan fingerprint density at radius 1 is 1.06 bits per heavy atom. The maximum Gasteiger partial charge on any atom is 0.0113 e. The molecular weight excluding hydrogens is 222 g/mol. The molecule has 2 heterocycles. The molecule has 1 saturated carbocycles. The van der Waals surface area contributed by atoms with E-state index in [0.29, 0.717) is 0 Å². The van der Waals surface area contributed by atoms with Gasteiger partial charge in [0.25, 0.3) is 0 Å². The molecule has 3 heteroatoms. The Bertz CT molecular complexity index is 256. The topological polar surface area (TPSA) is 18.5 Å². The van der Waals surface area contributed by atoms with Crippen LogP contribution in [0.1, 0.15) is 39.0 Å². The molecule has 0 spiro atoms. The van der Waals surface area contributed by atoms with Gasteiger partial charge in [0.05, 0.1) is 0 Å². The molecule has 3 fully saturated rings. The maximum absolute atomic E-state index is 3.56. The minimum atomic E-state index is 0.736. The zero-order valence-corrected chi connectivity index (χ0v) is 11.9. The van der Waals surface area contributed by atoms with Crippen molar-refractivity contribution in [2.24, 2.45) is 5.92 Å². The first-order chi connectivity index (χ1) is 8.81. The first-order valence-corrected chi connectivity index (χ1v) is 8.01. The molecule has 2 aliphatic heterocycles. The van der Waals surface area contributed by atoms with Crippen LogP contribution in [0.25, 0.3) is 0 Å². The average Bonchev–Trinajstić information content (AvgIpc) is 2.29. The van der Waals surface area contributed by atoms with Crippen LogP contribution in [0.5, 0.6) is 0 Å². The van der Waals surface area contributed by atoms with E-state index in [2.05, 4.69) is 22.0 Å². The summed E-state index contributed by atoms with van der Waals surface area (Å²) in [6, 6.07) is 1.69. The Morgan fingerprint density at radius 2 is 1.83 bits per heavy atom. The lowest BCUT2D eigenvalue weighted by atomic mass is 9.90. The van der Waals surface area contributed by atoms with Crippen molar-refractivity contribution in [1.82, 2.24) is 15.1 Å². The summed E-state index contributed by atoms with van der Waals surface area (Å²) in [6.07, 6.45) is 7.16. The third-order valence-electron chi connectivity index (χ3n) is 5.25. The van der Waals surface area contributed by atoms with E-state index >= 15 is 0 Å². The number of hydrogen-bond donors (Lipinski definition) is 1. The van der Waals surface area contributed by atoms with Gasteiger partial charge in [-0.05, 0) is 45.1 Å². The molecule has 0 amide bonds. The van der Waals surface area contributed by atoms with E-state index in [1.165, 1.54) is 71.4 Å². The lowest BCUT2D eigenvalue weighted by Gasteiger charge is -2.44. The summed E-state index contributed by atoms with van der Waals surface area (Å²) in [5.74, 6) is 0.941. The van der Waals surface area contributed by atoms with E-state index in [-0.39, 0.29) is 0 Å². The lowest BCUT2D eigenvalue weighted by molar-refractivity contribution is 0.0516. The number of nitrogens with one attached hydrogen (secondary N) is 1. The molecule has 1 aliphatic carbocycles. The van der Waals surface area contributed by atoms with Gasteiger partial charge in [-0.25, -0.2) is 0 Å². The Hall–Kier alpha value is -0.120. The third-order valence-corrected chi connectivity index (χ3v) is 5.25. The molecule has 3 aliphatic rings. The molecule has 3 nitrogen and oxygen atoms in total.